The van der Waals surface area contributed by atoms with Crippen molar-refractivity contribution in [3.63, 3.8) is 0 Å². The van der Waals surface area contributed by atoms with Gasteiger partial charge in [0.2, 0.25) is 0 Å². The molecule has 1 heterocycles. The average molecular weight is 258 g/mol. The number of hydrogen-bond acceptors (Lipinski definition) is 2. The van der Waals surface area contributed by atoms with Crippen molar-refractivity contribution in [1.82, 2.24) is 4.57 Å². The van der Waals surface area contributed by atoms with Crippen LogP contribution < -0.4 is 10.5 Å². The van der Waals surface area contributed by atoms with Crippen molar-refractivity contribution in [2.75, 3.05) is 7.11 Å². The van der Waals surface area contributed by atoms with Gasteiger partial charge in [0.25, 0.3) is 0 Å². The second-order valence-corrected chi connectivity index (χ2v) is 4.88. The molecule has 0 aliphatic heterocycles. The summed E-state index contributed by atoms with van der Waals surface area (Å²) in [4.78, 5) is 0. The predicted molar refractivity (Wildman–Crippen MR) is 78.5 cm³/mol. The van der Waals surface area contributed by atoms with Crippen LogP contribution in [0.3, 0.4) is 0 Å². The van der Waals surface area contributed by atoms with Gasteiger partial charge in [-0.2, -0.15) is 0 Å². The van der Waals surface area contributed by atoms with Crippen LogP contribution in [0.5, 0.6) is 5.75 Å². The molecule has 0 saturated carbocycles. The maximum atomic E-state index is 5.98. The van der Waals surface area contributed by atoms with E-state index in [-0.39, 0.29) is 6.04 Å². The van der Waals surface area contributed by atoms with Crippen LogP contribution in [0.1, 0.15) is 24.5 Å². The van der Waals surface area contributed by atoms with Gasteiger partial charge in [0.1, 0.15) is 5.75 Å². The molecule has 2 aromatic rings. The molecule has 0 aliphatic rings. The van der Waals surface area contributed by atoms with E-state index in [0.717, 1.165) is 25.1 Å². The molecule has 1 aromatic carbocycles. The minimum absolute atomic E-state index is 0.252. The average Bonchev–Trinajstić information content (AvgIpc) is 2.86. The zero-order valence-electron chi connectivity index (χ0n) is 11.7. The monoisotopic (exact) mass is 258 g/mol. The summed E-state index contributed by atoms with van der Waals surface area (Å²) < 4.78 is 7.55. The van der Waals surface area contributed by atoms with E-state index < -0.39 is 0 Å². The molecule has 1 atom stereocenters. The van der Waals surface area contributed by atoms with Crippen molar-refractivity contribution in [1.29, 1.82) is 0 Å². The third-order valence-electron chi connectivity index (χ3n) is 3.38. The Morgan fingerprint density at radius 1 is 1.26 bits per heavy atom. The maximum absolute atomic E-state index is 5.98. The van der Waals surface area contributed by atoms with Crippen LogP contribution in [0.2, 0.25) is 0 Å². The lowest BCUT2D eigenvalue weighted by molar-refractivity contribution is 0.408. The molecule has 1 aromatic heterocycles. The first-order chi connectivity index (χ1) is 9.22. The van der Waals surface area contributed by atoms with Crippen molar-refractivity contribution < 1.29 is 4.74 Å². The molecule has 2 rings (SSSR count). The Bertz CT molecular complexity index is 519. The van der Waals surface area contributed by atoms with Crippen LogP contribution in [-0.2, 0) is 13.0 Å². The molecule has 102 valence electrons. The van der Waals surface area contributed by atoms with Gasteiger partial charge in [-0.05, 0) is 30.5 Å². The van der Waals surface area contributed by atoms with E-state index in [1.165, 1.54) is 11.1 Å². The van der Waals surface area contributed by atoms with Gasteiger partial charge >= 0.3 is 0 Å². The zero-order valence-corrected chi connectivity index (χ0v) is 11.7. The molecule has 19 heavy (non-hydrogen) atoms. The number of nitrogens with two attached hydrogens (primary N) is 1. The van der Waals surface area contributed by atoms with E-state index in [9.17, 15) is 0 Å². The number of hydrogen-bond donors (Lipinski definition) is 1. The zero-order chi connectivity index (χ0) is 13.7. The number of aromatic nitrogens is 1. The summed E-state index contributed by atoms with van der Waals surface area (Å²) in [6.45, 7) is 2.95. The summed E-state index contributed by atoms with van der Waals surface area (Å²) in [6, 6.07) is 10.5. The predicted octanol–water partition coefficient (Wildman–Crippen LogP) is 2.82. The highest BCUT2D eigenvalue weighted by atomic mass is 16.5. The highest BCUT2D eigenvalue weighted by Gasteiger charge is 2.05. The number of para-hydroxylation sites is 1. The summed E-state index contributed by atoms with van der Waals surface area (Å²) in [6.07, 6.45) is 6.22. The summed E-state index contributed by atoms with van der Waals surface area (Å²) in [5.74, 6) is 0.933. The van der Waals surface area contributed by atoms with Gasteiger partial charge in [0, 0.05) is 24.0 Å². The van der Waals surface area contributed by atoms with Crippen LogP contribution >= 0.6 is 0 Å². The molecule has 0 amide bonds. The fourth-order valence-corrected chi connectivity index (χ4v) is 2.19. The molecule has 0 saturated heterocycles. The topological polar surface area (TPSA) is 40.2 Å². The number of methoxy groups -OCH3 is 1. The Labute approximate surface area is 115 Å². The van der Waals surface area contributed by atoms with Crippen molar-refractivity contribution in [3.05, 3.63) is 53.9 Å². The van der Waals surface area contributed by atoms with E-state index in [4.69, 9.17) is 10.5 Å². The van der Waals surface area contributed by atoms with Crippen LogP contribution in [-0.4, -0.2) is 17.7 Å². The molecule has 0 fully saturated rings. The van der Waals surface area contributed by atoms with Gasteiger partial charge in [-0.15, -0.1) is 0 Å². The third kappa shape index (κ3) is 3.61. The lowest BCUT2D eigenvalue weighted by Gasteiger charge is -2.09. The number of nitrogens with zero attached hydrogens (tertiary/aromatic N) is 1. The van der Waals surface area contributed by atoms with Gasteiger partial charge in [-0.1, -0.05) is 25.1 Å². The Balaban J connectivity index is 2.07. The second-order valence-electron chi connectivity index (χ2n) is 4.88. The molecular formula is C16H22N2O. The molecule has 0 bridgehead atoms. The van der Waals surface area contributed by atoms with Gasteiger partial charge < -0.3 is 15.0 Å². The lowest BCUT2D eigenvalue weighted by Crippen LogP contribution is -2.21. The van der Waals surface area contributed by atoms with Crippen molar-refractivity contribution >= 4 is 0 Å². The summed E-state index contributed by atoms with van der Waals surface area (Å²) in [5, 5.41) is 0. The molecule has 0 aliphatic carbocycles. The van der Waals surface area contributed by atoms with Crippen LogP contribution in [0, 0.1) is 0 Å². The summed E-state index contributed by atoms with van der Waals surface area (Å²) >= 11 is 0. The Kier molecular flexibility index (Phi) is 4.63. The van der Waals surface area contributed by atoms with Gasteiger partial charge in [-0.25, -0.2) is 0 Å². The van der Waals surface area contributed by atoms with Crippen LogP contribution in [0.25, 0.3) is 0 Å². The van der Waals surface area contributed by atoms with Gasteiger partial charge in [0.15, 0.2) is 0 Å². The van der Waals surface area contributed by atoms with E-state index in [1.54, 1.807) is 7.11 Å². The maximum Gasteiger partial charge on any atom is 0.123 e. The fourth-order valence-electron chi connectivity index (χ4n) is 2.19. The smallest absolute Gasteiger partial charge is 0.123 e. The summed E-state index contributed by atoms with van der Waals surface area (Å²) in [7, 11) is 1.71. The number of rotatable bonds is 6. The molecular weight excluding hydrogens is 236 g/mol. The third-order valence-corrected chi connectivity index (χ3v) is 3.38. The van der Waals surface area contributed by atoms with E-state index >= 15 is 0 Å². The molecule has 2 N–H and O–H groups in total. The minimum Gasteiger partial charge on any atom is -0.496 e. The molecule has 0 radical (unpaired) electrons. The normalized spacial score (nSPS) is 12.4. The largest absolute Gasteiger partial charge is 0.496 e. The highest BCUT2D eigenvalue weighted by molar-refractivity contribution is 5.33. The highest BCUT2D eigenvalue weighted by Crippen LogP contribution is 2.19. The first-order valence-electron chi connectivity index (χ1n) is 6.75. The first-order valence-corrected chi connectivity index (χ1v) is 6.75. The fraction of sp³-hybridized carbons (Fsp3) is 0.375. The standard InChI is InChI=1S/C16H22N2O/c1-3-15(17)10-13-8-9-18(11-13)12-14-6-4-5-7-16(14)19-2/h4-9,11,15H,3,10,12,17H2,1-2H3. The first kappa shape index (κ1) is 13.7. The van der Waals surface area contributed by atoms with Gasteiger partial charge in [-0.3, -0.25) is 0 Å². The quantitative estimate of drug-likeness (QED) is 0.865. The molecule has 0 spiro atoms. The Morgan fingerprint density at radius 2 is 2.05 bits per heavy atom. The Morgan fingerprint density at radius 3 is 2.79 bits per heavy atom. The second kappa shape index (κ2) is 6.43. The summed E-state index contributed by atoms with van der Waals surface area (Å²) in [5.41, 5.74) is 8.47. The molecule has 3 heteroatoms. The van der Waals surface area contributed by atoms with E-state index in [0.29, 0.717) is 0 Å². The minimum atomic E-state index is 0.252. The Hall–Kier alpha value is -1.74. The van der Waals surface area contributed by atoms with Crippen molar-refractivity contribution in [2.24, 2.45) is 5.73 Å². The molecule has 1 unspecified atom stereocenters. The van der Waals surface area contributed by atoms with Gasteiger partial charge in [0.05, 0.1) is 13.7 Å². The van der Waals surface area contributed by atoms with Crippen molar-refractivity contribution in [3.8, 4) is 5.75 Å². The van der Waals surface area contributed by atoms with E-state index in [1.807, 2.05) is 18.2 Å². The SMILES string of the molecule is CCC(N)Cc1ccn(Cc2ccccc2OC)c1. The van der Waals surface area contributed by atoms with Crippen LogP contribution in [0.15, 0.2) is 42.7 Å². The number of ether oxygens (including phenoxy) is 1. The van der Waals surface area contributed by atoms with E-state index in [2.05, 4.69) is 36.0 Å². The number of benzene rings is 1. The molecule has 3 nitrogen and oxygen atoms in total. The lowest BCUT2D eigenvalue weighted by atomic mass is 10.1. The van der Waals surface area contributed by atoms with Crippen molar-refractivity contribution in [2.45, 2.75) is 32.4 Å². The van der Waals surface area contributed by atoms with Crippen LogP contribution in [0.4, 0.5) is 0 Å².